The summed E-state index contributed by atoms with van der Waals surface area (Å²) in [5, 5.41) is 0. The lowest BCUT2D eigenvalue weighted by molar-refractivity contribution is 0.0996. The van der Waals surface area contributed by atoms with Gasteiger partial charge >= 0.3 is 0 Å². The molecule has 0 spiro atoms. The number of amides is 1. The Hall–Kier alpha value is -1.55. The molecular weight excluding hydrogens is 180 g/mol. The van der Waals surface area contributed by atoms with Crippen LogP contribution < -0.4 is 16.2 Å². The second kappa shape index (κ2) is 4.62. The van der Waals surface area contributed by atoms with E-state index in [9.17, 15) is 4.79 Å². The highest BCUT2D eigenvalue weighted by molar-refractivity contribution is 5.95. The van der Waals surface area contributed by atoms with Gasteiger partial charge in [-0.25, -0.2) is 0 Å². The standard InChI is InChI=1S/C10H14N2O2/c1-7(11)6-14-9-5-3-2-4-8(9)10(12)13/h2-5,7H,6,11H2,1H3,(H2,12,13). The van der Waals surface area contributed by atoms with Crippen LogP contribution in [0.15, 0.2) is 24.3 Å². The van der Waals surface area contributed by atoms with Gasteiger partial charge in [-0.05, 0) is 19.1 Å². The summed E-state index contributed by atoms with van der Waals surface area (Å²) >= 11 is 0. The lowest BCUT2D eigenvalue weighted by atomic mass is 10.2. The summed E-state index contributed by atoms with van der Waals surface area (Å²) in [6.07, 6.45) is 0. The maximum absolute atomic E-state index is 11.0. The maximum Gasteiger partial charge on any atom is 0.252 e. The van der Waals surface area contributed by atoms with Crippen molar-refractivity contribution in [2.24, 2.45) is 11.5 Å². The fourth-order valence-corrected chi connectivity index (χ4v) is 1.02. The van der Waals surface area contributed by atoms with Crippen LogP contribution in [-0.4, -0.2) is 18.6 Å². The number of ether oxygens (including phenoxy) is 1. The molecule has 1 aromatic carbocycles. The molecule has 1 rings (SSSR count). The third-order valence-electron chi connectivity index (χ3n) is 1.65. The van der Waals surface area contributed by atoms with E-state index in [0.29, 0.717) is 17.9 Å². The van der Waals surface area contributed by atoms with E-state index in [2.05, 4.69) is 0 Å². The first-order valence-electron chi connectivity index (χ1n) is 4.38. The molecule has 0 fully saturated rings. The normalized spacial score (nSPS) is 12.1. The number of benzene rings is 1. The minimum absolute atomic E-state index is 0.0732. The highest BCUT2D eigenvalue weighted by atomic mass is 16.5. The highest BCUT2D eigenvalue weighted by Gasteiger charge is 2.08. The van der Waals surface area contributed by atoms with Gasteiger partial charge in [0.25, 0.3) is 5.91 Å². The zero-order valence-corrected chi connectivity index (χ0v) is 8.07. The van der Waals surface area contributed by atoms with Crippen LogP contribution in [0, 0.1) is 0 Å². The van der Waals surface area contributed by atoms with E-state index in [0.717, 1.165) is 0 Å². The van der Waals surface area contributed by atoms with Crippen LogP contribution in [0.3, 0.4) is 0 Å². The number of nitrogens with two attached hydrogens (primary N) is 2. The summed E-state index contributed by atoms with van der Waals surface area (Å²) in [5.74, 6) is -0.0115. The number of primary amides is 1. The van der Waals surface area contributed by atoms with Crippen molar-refractivity contribution in [1.82, 2.24) is 0 Å². The van der Waals surface area contributed by atoms with Crippen molar-refractivity contribution in [3.05, 3.63) is 29.8 Å². The topological polar surface area (TPSA) is 78.3 Å². The average Bonchev–Trinajstić information content (AvgIpc) is 2.15. The first-order chi connectivity index (χ1) is 6.61. The van der Waals surface area contributed by atoms with Crippen molar-refractivity contribution in [1.29, 1.82) is 0 Å². The van der Waals surface area contributed by atoms with Gasteiger partial charge < -0.3 is 16.2 Å². The Bertz CT molecular complexity index is 324. The zero-order chi connectivity index (χ0) is 10.6. The number of hydrogen-bond donors (Lipinski definition) is 2. The molecule has 76 valence electrons. The van der Waals surface area contributed by atoms with Gasteiger partial charge in [0.05, 0.1) is 5.56 Å². The van der Waals surface area contributed by atoms with E-state index < -0.39 is 5.91 Å². The van der Waals surface area contributed by atoms with Crippen LogP contribution in [-0.2, 0) is 0 Å². The lowest BCUT2D eigenvalue weighted by Crippen LogP contribution is -2.24. The first-order valence-corrected chi connectivity index (χ1v) is 4.38. The van der Waals surface area contributed by atoms with Crippen molar-refractivity contribution in [2.45, 2.75) is 13.0 Å². The van der Waals surface area contributed by atoms with Gasteiger partial charge in [-0.3, -0.25) is 4.79 Å². The Morgan fingerprint density at radius 3 is 2.71 bits per heavy atom. The van der Waals surface area contributed by atoms with Gasteiger partial charge in [-0.15, -0.1) is 0 Å². The summed E-state index contributed by atoms with van der Waals surface area (Å²) in [7, 11) is 0. The molecule has 0 bridgehead atoms. The quantitative estimate of drug-likeness (QED) is 0.733. The van der Waals surface area contributed by atoms with E-state index in [1.807, 2.05) is 6.92 Å². The molecule has 0 aromatic heterocycles. The Labute approximate surface area is 82.8 Å². The van der Waals surface area contributed by atoms with Crippen LogP contribution in [0.5, 0.6) is 5.75 Å². The van der Waals surface area contributed by atoms with Gasteiger partial charge in [0.15, 0.2) is 0 Å². The van der Waals surface area contributed by atoms with Crippen molar-refractivity contribution >= 4 is 5.91 Å². The minimum Gasteiger partial charge on any atom is -0.491 e. The van der Waals surface area contributed by atoms with Crippen molar-refractivity contribution in [3.8, 4) is 5.75 Å². The molecule has 0 saturated carbocycles. The minimum atomic E-state index is -0.495. The summed E-state index contributed by atoms with van der Waals surface area (Å²) in [6.45, 7) is 2.19. The molecule has 0 saturated heterocycles. The van der Waals surface area contributed by atoms with Crippen LogP contribution in [0.2, 0.25) is 0 Å². The van der Waals surface area contributed by atoms with Crippen LogP contribution in [0.1, 0.15) is 17.3 Å². The second-order valence-electron chi connectivity index (χ2n) is 3.15. The summed E-state index contributed by atoms with van der Waals surface area (Å²) in [6, 6.07) is 6.76. The van der Waals surface area contributed by atoms with Crippen molar-refractivity contribution in [2.75, 3.05) is 6.61 Å². The van der Waals surface area contributed by atoms with Gasteiger partial charge in [0.2, 0.25) is 0 Å². The molecule has 1 aromatic rings. The Balaban J connectivity index is 2.79. The predicted molar refractivity (Wildman–Crippen MR) is 54.1 cm³/mol. The summed E-state index contributed by atoms with van der Waals surface area (Å²) in [5.41, 5.74) is 11.1. The van der Waals surface area contributed by atoms with E-state index >= 15 is 0 Å². The lowest BCUT2D eigenvalue weighted by Gasteiger charge is -2.10. The molecule has 0 radical (unpaired) electrons. The van der Waals surface area contributed by atoms with Gasteiger partial charge in [-0.1, -0.05) is 12.1 Å². The number of rotatable bonds is 4. The largest absolute Gasteiger partial charge is 0.491 e. The molecule has 1 amide bonds. The highest BCUT2D eigenvalue weighted by Crippen LogP contribution is 2.16. The average molecular weight is 194 g/mol. The van der Waals surface area contributed by atoms with Crippen LogP contribution in [0.4, 0.5) is 0 Å². The smallest absolute Gasteiger partial charge is 0.252 e. The van der Waals surface area contributed by atoms with E-state index in [-0.39, 0.29) is 6.04 Å². The van der Waals surface area contributed by atoms with Crippen LogP contribution >= 0.6 is 0 Å². The van der Waals surface area contributed by atoms with Gasteiger partial charge in [-0.2, -0.15) is 0 Å². The SMILES string of the molecule is CC(N)COc1ccccc1C(N)=O. The molecule has 0 aliphatic heterocycles. The number of hydrogen-bond acceptors (Lipinski definition) is 3. The predicted octanol–water partition coefficient (Wildman–Crippen LogP) is 0.511. The first kappa shape index (κ1) is 10.5. The summed E-state index contributed by atoms with van der Waals surface area (Å²) < 4.78 is 5.33. The third kappa shape index (κ3) is 2.74. The Morgan fingerprint density at radius 1 is 1.50 bits per heavy atom. The molecule has 4 nitrogen and oxygen atoms in total. The molecule has 1 atom stereocenters. The summed E-state index contributed by atoms with van der Waals surface area (Å²) in [4.78, 5) is 11.0. The van der Waals surface area contributed by atoms with Crippen molar-refractivity contribution in [3.63, 3.8) is 0 Å². The molecule has 0 aliphatic carbocycles. The Kier molecular flexibility index (Phi) is 3.48. The monoisotopic (exact) mass is 194 g/mol. The molecule has 4 N–H and O–H groups in total. The number of carbonyl (C=O) groups is 1. The molecule has 1 unspecified atom stereocenters. The molecule has 0 heterocycles. The third-order valence-corrected chi connectivity index (χ3v) is 1.65. The van der Waals surface area contributed by atoms with Crippen molar-refractivity contribution < 1.29 is 9.53 Å². The maximum atomic E-state index is 11.0. The van der Waals surface area contributed by atoms with E-state index in [4.69, 9.17) is 16.2 Å². The molecule has 0 aliphatic rings. The molecular formula is C10H14N2O2. The fraction of sp³-hybridized carbons (Fsp3) is 0.300. The Morgan fingerprint density at radius 2 is 2.14 bits per heavy atom. The molecule has 14 heavy (non-hydrogen) atoms. The molecule has 4 heteroatoms. The second-order valence-corrected chi connectivity index (χ2v) is 3.15. The van der Waals surface area contributed by atoms with Gasteiger partial charge in [0.1, 0.15) is 12.4 Å². The van der Waals surface area contributed by atoms with E-state index in [1.165, 1.54) is 0 Å². The van der Waals surface area contributed by atoms with Gasteiger partial charge in [0, 0.05) is 6.04 Å². The zero-order valence-electron chi connectivity index (χ0n) is 8.07. The number of carbonyl (C=O) groups excluding carboxylic acids is 1. The fourth-order valence-electron chi connectivity index (χ4n) is 1.02. The van der Waals surface area contributed by atoms with Crippen LogP contribution in [0.25, 0.3) is 0 Å². The van der Waals surface area contributed by atoms with E-state index in [1.54, 1.807) is 24.3 Å². The number of para-hydroxylation sites is 1.